The van der Waals surface area contributed by atoms with Gasteiger partial charge in [0.25, 0.3) is 5.56 Å². The van der Waals surface area contributed by atoms with Gasteiger partial charge in [0.05, 0.1) is 4.47 Å². The van der Waals surface area contributed by atoms with Crippen molar-refractivity contribution in [3.05, 3.63) is 49.7 Å². The predicted octanol–water partition coefficient (Wildman–Crippen LogP) is 0.275. The van der Waals surface area contributed by atoms with Crippen molar-refractivity contribution in [1.29, 1.82) is 0 Å². The van der Waals surface area contributed by atoms with Crippen LogP contribution in [0.1, 0.15) is 5.82 Å². The van der Waals surface area contributed by atoms with Crippen molar-refractivity contribution in [2.24, 2.45) is 7.05 Å². The van der Waals surface area contributed by atoms with Crippen LogP contribution >= 0.6 is 15.9 Å². The highest BCUT2D eigenvalue weighted by atomic mass is 79.9. The van der Waals surface area contributed by atoms with Crippen LogP contribution in [0.4, 0.5) is 0 Å². The maximum absolute atomic E-state index is 11.7. The number of aromatic nitrogens is 4. The number of hydrogen-bond donors (Lipinski definition) is 1. The lowest BCUT2D eigenvalue weighted by Crippen LogP contribution is -2.35. The van der Waals surface area contributed by atoms with Crippen molar-refractivity contribution in [2.45, 2.75) is 13.0 Å². The zero-order chi connectivity index (χ0) is 12.4. The van der Waals surface area contributed by atoms with Crippen LogP contribution in [0.2, 0.25) is 0 Å². The van der Waals surface area contributed by atoms with Crippen LogP contribution in [0.15, 0.2) is 32.7 Å². The van der Waals surface area contributed by atoms with Crippen LogP contribution in [0.5, 0.6) is 0 Å². The molecule has 17 heavy (non-hydrogen) atoms. The quantitative estimate of drug-likeness (QED) is 0.884. The highest BCUT2D eigenvalue weighted by Crippen LogP contribution is 1.99. The van der Waals surface area contributed by atoms with Gasteiger partial charge in [-0.1, -0.05) is 0 Å². The summed E-state index contributed by atoms with van der Waals surface area (Å²) in [5.41, 5.74) is -0.740. The molecule has 2 heterocycles. The van der Waals surface area contributed by atoms with Gasteiger partial charge in [-0.2, -0.15) is 0 Å². The molecule has 0 aromatic carbocycles. The van der Waals surface area contributed by atoms with Crippen molar-refractivity contribution in [2.75, 3.05) is 0 Å². The molecular formula is C10H11BrN4O2. The van der Waals surface area contributed by atoms with E-state index >= 15 is 0 Å². The maximum atomic E-state index is 11.7. The Kier molecular flexibility index (Phi) is 3.28. The summed E-state index contributed by atoms with van der Waals surface area (Å²) in [6.45, 7) is 0.304. The van der Waals surface area contributed by atoms with Crippen molar-refractivity contribution in [3.63, 3.8) is 0 Å². The summed E-state index contributed by atoms with van der Waals surface area (Å²) >= 11 is 3.09. The van der Waals surface area contributed by atoms with Gasteiger partial charge in [0.15, 0.2) is 0 Å². The smallest absolute Gasteiger partial charge is 0.328 e. The number of imidazole rings is 1. The summed E-state index contributed by atoms with van der Waals surface area (Å²) in [7, 11) is 1.87. The van der Waals surface area contributed by atoms with E-state index < -0.39 is 5.69 Å². The van der Waals surface area contributed by atoms with E-state index in [-0.39, 0.29) is 5.56 Å². The molecule has 2 rings (SSSR count). The Bertz CT molecular complexity index is 640. The molecule has 2 aromatic rings. The van der Waals surface area contributed by atoms with Crippen LogP contribution in [0.3, 0.4) is 0 Å². The van der Waals surface area contributed by atoms with E-state index in [2.05, 4.69) is 25.9 Å². The van der Waals surface area contributed by atoms with Crippen LogP contribution in [-0.2, 0) is 20.0 Å². The third-order valence-corrected chi connectivity index (χ3v) is 3.07. The molecule has 0 unspecified atom stereocenters. The molecule has 6 nitrogen and oxygen atoms in total. The topological polar surface area (TPSA) is 72.7 Å². The Labute approximate surface area is 105 Å². The molecule has 1 N–H and O–H groups in total. The molecule has 0 saturated heterocycles. The summed E-state index contributed by atoms with van der Waals surface area (Å²) in [5, 5.41) is 0. The first-order valence-corrected chi connectivity index (χ1v) is 5.83. The second kappa shape index (κ2) is 4.70. The zero-order valence-corrected chi connectivity index (χ0v) is 10.8. The largest absolute Gasteiger partial charge is 0.338 e. The van der Waals surface area contributed by atoms with Crippen molar-refractivity contribution < 1.29 is 0 Å². The van der Waals surface area contributed by atoms with E-state index in [0.717, 1.165) is 10.4 Å². The highest BCUT2D eigenvalue weighted by Gasteiger charge is 2.06. The second-order valence-corrected chi connectivity index (χ2v) is 4.46. The lowest BCUT2D eigenvalue weighted by molar-refractivity contribution is 0.598. The van der Waals surface area contributed by atoms with Crippen molar-refractivity contribution in [1.82, 2.24) is 19.1 Å². The van der Waals surface area contributed by atoms with E-state index in [9.17, 15) is 9.59 Å². The number of aromatic amines is 1. The number of nitrogens with zero attached hydrogens (tertiary/aromatic N) is 3. The van der Waals surface area contributed by atoms with Crippen molar-refractivity contribution in [3.8, 4) is 0 Å². The molecule has 7 heteroatoms. The Balaban J connectivity index is 2.26. The van der Waals surface area contributed by atoms with Gasteiger partial charge in [-0.3, -0.25) is 9.36 Å². The normalized spacial score (nSPS) is 10.7. The van der Waals surface area contributed by atoms with Gasteiger partial charge >= 0.3 is 5.69 Å². The molecule has 0 aliphatic carbocycles. The minimum absolute atomic E-state index is 0.304. The Hall–Kier alpha value is -1.63. The molecule has 0 aliphatic rings. The van der Waals surface area contributed by atoms with Crippen LogP contribution < -0.4 is 11.2 Å². The van der Waals surface area contributed by atoms with E-state index in [4.69, 9.17) is 0 Å². The van der Waals surface area contributed by atoms with Crippen LogP contribution in [0.25, 0.3) is 0 Å². The molecule has 90 valence electrons. The molecule has 0 saturated carbocycles. The third-order valence-electron chi connectivity index (χ3n) is 2.50. The first-order valence-electron chi connectivity index (χ1n) is 5.04. The molecule has 0 radical (unpaired) electrons. The van der Waals surface area contributed by atoms with Crippen LogP contribution in [-0.4, -0.2) is 19.1 Å². The lowest BCUT2D eigenvalue weighted by Gasteiger charge is -2.04. The van der Waals surface area contributed by atoms with Gasteiger partial charge in [0.2, 0.25) is 0 Å². The third kappa shape index (κ3) is 2.38. The van der Waals surface area contributed by atoms with Crippen LogP contribution in [0, 0.1) is 0 Å². The highest BCUT2D eigenvalue weighted by molar-refractivity contribution is 9.10. The fourth-order valence-electron chi connectivity index (χ4n) is 1.54. The number of H-pyrrole nitrogens is 1. The minimum atomic E-state index is -0.410. The summed E-state index contributed by atoms with van der Waals surface area (Å²) in [6, 6.07) is 0. The number of nitrogens with one attached hydrogen (secondary N) is 1. The SMILES string of the molecule is Cn1ccnc1CCn1c(=O)[nH]cc(Br)c1=O. The Morgan fingerprint density at radius 1 is 1.47 bits per heavy atom. The monoisotopic (exact) mass is 298 g/mol. The molecule has 2 aromatic heterocycles. The molecule has 0 aliphatic heterocycles. The molecule has 0 spiro atoms. The average Bonchev–Trinajstić information content (AvgIpc) is 2.70. The van der Waals surface area contributed by atoms with Gasteiger partial charge in [0, 0.05) is 38.6 Å². The average molecular weight is 299 g/mol. The molecular weight excluding hydrogens is 288 g/mol. The second-order valence-electron chi connectivity index (χ2n) is 3.60. The first kappa shape index (κ1) is 11.8. The van der Waals surface area contributed by atoms with Gasteiger partial charge in [0.1, 0.15) is 5.82 Å². The molecule has 0 fully saturated rings. The summed E-state index contributed by atoms with van der Waals surface area (Å²) in [5.74, 6) is 0.830. The van der Waals surface area contributed by atoms with Gasteiger partial charge in [-0.05, 0) is 15.9 Å². The van der Waals surface area contributed by atoms with Gasteiger partial charge in [-0.15, -0.1) is 0 Å². The van der Waals surface area contributed by atoms with E-state index in [0.29, 0.717) is 17.4 Å². The maximum Gasteiger partial charge on any atom is 0.328 e. The van der Waals surface area contributed by atoms with E-state index in [1.807, 2.05) is 17.8 Å². The number of rotatable bonds is 3. The van der Waals surface area contributed by atoms with Gasteiger partial charge in [-0.25, -0.2) is 9.78 Å². The fraction of sp³-hybridized carbons (Fsp3) is 0.300. The Morgan fingerprint density at radius 2 is 2.24 bits per heavy atom. The van der Waals surface area contributed by atoms with Gasteiger partial charge < -0.3 is 9.55 Å². The van der Waals surface area contributed by atoms with Crippen molar-refractivity contribution >= 4 is 15.9 Å². The zero-order valence-electron chi connectivity index (χ0n) is 9.18. The number of halogens is 1. The van der Waals surface area contributed by atoms with E-state index in [1.165, 1.54) is 6.20 Å². The minimum Gasteiger partial charge on any atom is -0.338 e. The standard InChI is InChI=1S/C10H11BrN4O2/c1-14-5-3-12-8(14)2-4-15-9(16)7(11)6-13-10(15)17/h3,5-6H,2,4H2,1H3,(H,13,17). The summed E-state index contributed by atoms with van der Waals surface area (Å²) < 4.78 is 3.35. The number of aryl methyl sites for hydroxylation is 2. The molecule has 0 atom stereocenters. The molecule has 0 bridgehead atoms. The first-order chi connectivity index (χ1) is 8.09. The summed E-state index contributed by atoms with van der Waals surface area (Å²) in [4.78, 5) is 29.8. The fourth-order valence-corrected chi connectivity index (χ4v) is 1.87. The number of hydrogen-bond acceptors (Lipinski definition) is 3. The summed E-state index contributed by atoms with van der Waals surface area (Å²) in [6.07, 6.45) is 5.39. The van der Waals surface area contributed by atoms with E-state index in [1.54, 1.807) is 6.20 Å². The lowest BCUT2D eigenvalue weighted by atomic mass is 10.4. The Morgan fingerprint density at radius 3 is 2.88 bits per heavy atom. The molecule has 0 amide bonds. The predicted molar refractivity (Wildman–Crippen MR) is 65.9 cm³/mol.